The topological polar surface area (TPSA) is 65.2 Å². The zero-order valence-corrected chi connectivity index (χ0v) is 7.88. The average molecular weight is 192 g/mol. The fraction of sp³-hybridized carbons (Fsp3) is 0.200. The van der Waals surface area contributed by atoms with Gasteiger partial charge in [-0.05, 0) is 12.5 Å². The number of oxime groups is 2. The van der Waals surface area contributed by atoms with Crippen LogP contribution in [0.1, 0.15) is 12.5 Å². The minimum atomic E-state index is 0.316. The van der Waals surface area contributed by atoms with Gasteiger partial charge in [-0.3, -0.25) is 0 Å². The largest absolute Gasteiger partial charge is 0.411 e. The first kappa shape index (κ1) is 10.2. The van der Waals surface area contributed by atoms with Crippen molar-refractivity contribution >= 4 is 11.4 Å². The van der Waals surface area contributed by atoms with Crippen molar-refractivity contribution in [2.24, 2.45) is 10.3 Å². The SMILES string of the molecule is CC(=N\O)/C(Cc1ccccc1)=N\O. The molecule has 1 aromatic rings. The summed E-state index contributed by atoms with van der Waals surface area (Å²) in [5, 5.41) is 23.3. The van der Waals surface area contributed by atoms with Crippen molar-refractivity contribution in [2.75, 3.05) is 0 Å². The molecule has 14 heavy (non-hydrogen) atoms. The molecule has 0 aromatic heterocycles. The predicted molar refractivity (Wildman–Crippen MR) is 54.3 cm³/mol. The molecule has 0 heterocycles. The molecule has 1 aromatic carbocycles. The summed E-state index contributed by atoms with van der Waals surface area (Å²) in [6.07, 6.45) is 0.452. The molecular formula is C10H12N2O2. The summed E-state index contributed by atoms with van der Waals surface area (Å²) in [4.78, 5) is 0. The predicted octanol–water partition coefficient (Wildman–Crippen LogP) is 1.91. The highest BCUT2D eigenvalue weighted by molar-refractivity contribution is 6.41. The van der Waals surface area contributed by atoms with E-state index < -0.39 is 0 Å². The van der Waals surface area contributed by atoms with E-state index in [0.717, 1.165) is 5.56 Å². The highest BCUT2D eigenvalue weighted by Gasteiger charge is 2.05. The molecule has 2 N–H and O–H groups in total. The summed E-state index contributed by atoms with van der Waals surface area (Å²) in [7, 11) is 0. The smallest absolute Gasteiger partial charge is 0.108 e. The van der Waals surface area contributed by atoms with Gasteiger partial charge in [-0.25, -0.2) is 0 Å². The zero-order valence-electron chi connectivity index (χ0n) is 7.88. The molecule has 0 bridgehead atoms. The molecule has 0 saturated heterocycles. The maximum atomic E-state index is 8.68. The van der Waals surface area contributed by atoms with Crippen molar-refractivity contribution in [3.8, 4) is 0 Å². The number of nitrogens with zero attached hydrogens (tertiary/aromatic N) is 2. The van der Waals surface area contributed by atoms with Gasteiger partial charge in [0.15, 0.2) is 0 Å². The Morgan fingerprint density at radius 1 is 1.14 bits per heavy atom. The third kappa shape index (κ3) is 2.58. The highest BCUT2D eigenvalue weighted by Crippen LogP contribution is 2.02. The molecule has 1 rings (SSSR count). The van der Waals surface area contributed by atoms with Crippen LogP contribution in [0, 0.1) is 0 Å². The second kappa shape index (κ2) is 5.01. The summed E-state index contributed by atoms with van der Waals surface area (Å²) >= 11 is 0. The van der Waals surface area contributed by atoms with Crippen molar-refractivity contribution in [1.82, 2.24) is 0 Å². The van der Waals surface area contributed by atoms with Crippen molar-refractivity contribution in [3.63, 3.8) is 0 Å². The quantitative estimate of drug-likeness (QED) is 0.436. The number of hydrogen-bond donors (Lipinski definition) is 2. The van der Waals surface area contributed by atoms with Crippen LogP contribution in [0.5, 0.6) is 0 Å². The fourth-order valence-electron chi connectivity index (χ4n) is 1.08. The second-order valence-corrected chi connectivity index (χ2v) is 2.89. The summed E-state index contributed by atoms with van der Waals surface area (Å²) < 4.78 is 0. The molecule has 0 atom stereocenters. The van der Waals surface area contributed by atoms with Gasteiger partial charge in [-0.15, -0.1) is 0 Å². The zero-order chi connectivity index (χ0) is 10.4. The normalized spacial score (nSPS) is 12.9. The molecule has 4 nitrogen and oxygen atoms in total. The van der Waals surface area contributed by atoms with Crippen molar-refractivity contribution in [1.29, 1.82) is 0 Å². The Balaban J connectivity index is 2.78. The number of hydrogen-bond acceptors (Lipinski definition) is 4. The molecule has 0 fully saturated rings. The standard InChI is InChI=1S/C10H12N2O2/c1-8(11-13)10(12-14)7-9-5-3-2-4-6-9/h2-6,13-14H,7H2,1H3/b11-8+,12-10-. The maximum absolute atomic E-state index is 8.68. The molecule has 0 aliphatic heterocycles. The minimum Gasteiger partial charge on any atom is -0.411 e. The lowest BCUT2D eigenvalue weighted by atomic mass is 10.1. The van der Waals surface area contributed by atoms with Gasteiger partial charge in [0.2, 0.25) is 0 Å². The van der Waals surface area contributed by atoms with E-state index in [9.17, 15) is 0 Å². The minimum absolute atomic E-state index is 0.316. The third-order valence-corrected chi connectivity index (χ3v) is 1.90. The molecule has 0 saturated carbocycles. The maximum Gasteiger partial charge on any atom is 0.108 e. The van der Waals surface area contributed by atoms with Crippen molar-refractivity contribution < 1.29 is 10.4 Å². The van der Waals surface area contributed by atoms with Gasteiger partial charge in [0.1, 0.15) is 11.4 Å². The van der Waals surface area contributed by atoms with E-state index in [1.165, 1.54) is 0 Å². The molecule has 4 heteroatoms. The summed E-state index contributed by atoms with van der Waals surface area (Å²) in [6, 6.07) is 9.53. The van der Waals surface area contributed by atoms with E-state index in [2.05, 4.69) is 10.3 Å². The van der Waals surface area contributed by atoms with E-state index in [1.807, 2.05) is 30.3 Å². The van der Waals surface area contributed by atoms with Gasteiger partial charge in [0, 0.05) is 6.42 Å². The first-order valence-electron chi connectivity index (χ1n) is 4.22. The molecule has 0 amide bonds. The van der Waals surface area contributed by atoms with Gasteiger partial charge in [0.05, 0.1) is 0 Å². The Labute approximate surface area is 82.2 Å². The molecule has 74 valence electrons. The Morgan fingerprint density at radius 3 is 2.29 bits per heavy atom. The van der Waals surface area contributed by atoms with Crippen LogP contribution in [0.15, 0.2) is 40.6 Å². The van der Waals surface area contributed by atoms with E-state index in [0.29, 0.717) is 17.8 Å². The van der Waals surface area contributed by atoms with Crippen molar-refractivity contribution in [3.05, 3.63) is 35.9 Å². The molecule has 0 aliphatic carbocycles. The Morgan fingerprint density at radius 2 is 1.79 bits per heavy atom. The van der Waals surface area contributed by atoms with Crippen LogP contribution in [-0.4, -0.2) is 21.8 Å². The lowest BCUT2D eigenvalue weighted by Crippen LogP contribution is -2.13. The summed E-state index contributed by atoms with van der Waals surface area (Å²) in [6.45, 7) is 1.58. The Hall–Kier alpha value is -1.84. The third-order valence-electron chi connectivity index (χ3n) is 1.90. The van der Waals surface area contributed by atoms with Gasteiger partial charge in [-0.1, -0.05) is 40.6 Å². The van der Waals surface area contributed by atoms with Crippen molar-refractivity contribution in [2.45, 2.75) is 13.3 Å². The Kier molecular flexibility index (Phi) is 3.67. The number of benzene rings is 1. The van der Waals surface area contributed by atoms with Crippen LogP contribution in [0.25, 0.3) is 0 Å². The van der Waals surface area contributed by atoms with E-state index >= 15 is 0 Å². The average Bonchev–Trinajstić information content (AvgIpc) is 2.26. The van der Waals surface area contributed by atoms with Gasteiger partial charge in [0.25, 0.3) is 0 Å². The first-order chi connectivity index (χ1) is 6.77. The van der Waals surface area contributed by atoms with Crippen LogP contribution >= 0.6 is 0 Å². The highest BCUT2D eigenvalue weighted by atomic mass is 16.4. The van der Waals surface area contributed by atoms with Gasteiger partial charge < -0.3 is 10.4 Å². The van der Waals surface area contributed by atoms with Crippen LogP contribution in [0.2, 0.25) is 0 Å². The second-order valence-electron chi connectivity index (χ2n) is 2.89. The Bertz CT molecular complexity index is 344. The lowest BCUT2D eigenvalue weighted by Gasteiger charge is -2.01. The van der Waals surface area contributed by atoms with Gasteiger partial charge in [-0.2, -0.15) is 0 Å². The van der Waals surface area contributed by atoms with Gasteiger partial charge >= 0.3 is 0 Å². The van der Waals surface area contributed by atoms with E-state index in [-0.39, 0.29) is 0 Å². The van der Waals surface area contributed by atoms with E-state index in [4.69, 9.17) is 10.4 Å². The van der Waals surface area contributed by atoms with Crippen LogP contribution in [0.3, 0.4) is 0 Å². The van der Waals surface area contributed by atoms with Crippen LogP contribution in [0.4, 0.5) is 0 Å². The molecule has 0 unspecified atom stereocenters. The summed E-state index contributed by atoms with van der Waals surface area (Å²) in [5.41, 5.74) is 1.68. The fourth-order valence-corrected chi connectivity index (χ4v) is 1.08. The molecule has 0 spiro atoms. The monoisotopic (exact) mass is 192 g/mol. The molecule has 0 aliphatic rings. The van der Waals surface area contributed by atoms with Crippen LogP contribution in [-0.2, 0) is 6.42 Å². The molecular weight excluding hydrogens is 180 g/mol. The molecule has 0 radical (unpaired) electrons. The van der Waals surface area contributed by atoms with E-state index in [1.54, 1.807) is 6.92 Å². The summed E-state index contributed by atoms with van der Waals surface area (Å²) in [5.74, 6) is 0. The lowest BCUT2D eigenvalue weighted by molar-refractivity contribution is 0.313. The van der Waals surface area contributed by atoms with Crippen LogP contribution < -0.4 is 0 Å². The number of rotatable bonds is 3. The first-order valence-corrected chi connectivity index (χ1v) is 4.22.